The lowest BCUT2D eigenvalue weighted by molar-refractivity contribution is 0.114. The molecule has 0 radical (unpaired) electrons. The van der Waals surface area contributed by atoms with Crippen LogP contribution in [0.4, 0.5) is 0 Å². The number of unbranched alkanes of at least 4 members (excludes halogenated alkanes) is 4. The Labute approximate surface area is 124 Å². The topological polar surface area (TPSA) is 9.23 Å². The third-order valence-electron chi connectivity index (χ3n) is 4.49. The van der Waals surface area contributed by atoms with Crippen LogP contribution in [0.5, 0.6) is 0 Å². The first-order valence-electron chi connectivity index (χ1n) is 8.52. The molecule has 1 fully saturated rings. The maximum absolute atomic E-state index is 5.78. The summed E-state index contributed by atoms with van der Waals surface area (Å²) in [6.07, 6.45) is 11.3. The van der Waals surface area contributed by atoms with E-state index in [1.807, 2.05) is 0 Å². The fourth-order valence-corrected chi connectivity index (χ4v) is 3.03. The first-order chi connectivity index (χ1) is 9.90. The number of benzene rings is 1. The lowest BCUT2D eigenvalue weighted by Gasteiger charge is -2.04. The minimum atomic E-state index is 0.773. The van der Waals surface area contributed by atoms with Gasteiger partial charge >= 0.3 is 0 Å². The molecule has 112 valence electrons. The summed E-state index contributed by atoms with van der Waals surface area (Å²) in [5, 5.41) is 0. The second-order valence-corrected chi connectivity index (χ2v) is 6.29. The molecule has 2 unspecified atom stereocenters. The lowest BCUT2D eigenvalue weighted by Crippen LogP contribution is -1.97. The van der Waals surface area contributed by atoms with Gasteiger partial charge in [0.2, 0.25) is 0 Å². The van der Waals surface area contributed by atoms with Gasteiger partial charge in [0.1, 0.15) is 0 Å². The highest BCUT2D eigenvalue weighted by Crippen LogP contribution is 2.44. The van der Waals surface area contributed by atoms with Gasteiger partial charge in [-0.15, -0.1) is 0 Å². The Kier molecular flexibility index (Phi) is 7.14. The maximum atomic E-state index is 5.78. The van der Waals surface area contributed by atoms with Crippen LogP contribution >= 0.6 is 0 Å². The number of hydrogen-bond acceptors (Lipinski definition) is 1. The van der Waals surface area contributed by atoms with Gasteiger partial charge in [0.05, 0.1) is 6.61 Å². The third kappa shape index (κ3) is 6.09. The van der Waals surface area contributed by atoms with E-state index < -0.39 is 0 Å². The molecule has 0 amide bonds. The second-order valence-electron chi connectivity index (χ2n) is 6.29. The van der Waals surface area contributed by atoms with E-state index in [0.717, 1.165) is 25.0 Å². The van der Waals surface area contributed by atoms with Gasteiger partial charge in [-0.1, -0.05) is 75.8 Å². The first-order valence-corrected chi connectivity index (χ1v) is 8.52. The SMILES string of the molecule is CCCCCCCC1CC1CCOCc1ccccc1. The van der Waals surface area contributed by atoms with Gasteiger partial charge in [0.15, 0.2) is 0 Å². The van der Waals surface area contributed by atoms with Crippen LogP contribution in [0.1, 0.15) is 63.9 Å². The molecule has 0 heterocycles. The lowest BCUT2D eigenvalue weighted by atomic mass is 10.1. The Hall–Kier alpha value is -0.820. The van der Waals surface area contributed by atoms with Gasteiger partial charge < -0.3 is 4.74 Å². The van der Waals surface area contributed by atoms with Gasteiger partial charge in [-0.3, -0.25) is 0 Å². The van der Waals surface area contributed by atoms with Crippen LogP contribution in [0.25, 0.3) is 0 Å². The average Bonchev–Trinajstić information content (AvgIpc) is 3.23. The van der Waals surface area contributed by atoms with Gasteiger partial charge in [0, 0.05) is 6.61 Å². The van der Waals surface area contributed by atoms with E-state index in [9.17, 15) is 0 Å². The predicted molar refractivity (Wildman–Crippen MR) is 85.7 cm³/mol. The number of hydrogen-bond donors (Lipinski definition) is 0. The Morgan fingerprint density at radius 1 is 0.950 bits per heavy atom. The smallest absolute Gasteiger partial charge is 0.0716 e. The van der Waals surface area contributed by atoms with Crippen LogP contribution in [0.15, 0.2) is 30.3 Å². The maximum Gasteiger partial charge on any atom is 0.0716 e. The molecule has 2 atom stereocenters. The van der Waals surface area contributed by atoms with Gasteiger partial charge in [-0.2, -0.15) is 0 Å². The molecule has 2 rings (SSSR count). The van der Waals surface area contributed by atoms with Crippen molar-refractivity contribution >= 4 is 0 Å². The van der Waals surface area contributed by atoms with E-state index in [-0.39, 0.29) is 0 Å². The Balaban J connectivity index is 1.42. The van der Waals surface area contributed by atoms with Crippen LogP contribution in [0.3, 0.4) is 0 Å². The van der Waals surface area contributed by atoms with Crippen molar-refractivity contribution in [1.82, 2.24) is 0 Å². The van der Waals surface area contributed by atoms with E-state index in [1.54, 1.807) is 0 Å². The highest BCUT2D eigenvalue weighted by molar-refractivity contribution is 5.13. The largest absolute Gasteiger partial charge is 0.377 e. The molecule has 1 aliphatic carbocycles. The monoisotopic (exact) mass is 274 g/mol. The van der Waals surface area contributed by atoms with Crippen molar-refractivity contribution in [3.63, 3.8) is 0 Å². The van der Waals surface area contributed by atoms with E-state index in [2.05, 4.69) is 37.3 Å². The van der Waals surface area contributed by atoms with Crippen molar-refractivity contribution in [2.75, 3.05) is 6.61 Å². The summed E-state index contributed by atoms with van der Waals surface area (Å²) in [6.45, 7) is 3.99. The quantitative estimate of drug-likeness (QED) is 0.478. The molecule has 1 saturated carbocycles. The summed E-state index contributed by atoms with van der Waals surface area (Å²) in [5.41, 5.74) is 1.29. The van der Waals surface area contributed by atoms with Crippen molar-refractivity contribution in [3.8, 4) is 0 Å². The average molecular weight is 274 g/mol. The van der Waals surface area contributed by atoms with Gasteiger partial charge in [-0.05, 0) is 30.2 Å². The minimum absolute atomic E-state index is 0.773. The molecule has 1 aliphatic rings. The van der Waals surface area contributed by atoms with Crippen LogP contribution in [0.2, 0.25) is 0 Å². The Bertz CT molecular complexity index is 346. The van der Waals surface area contributed by atoms with Crippen molar-refractivity contribution < 1.29 is 4.74 Å². The minimum Gasteiger partial charge on any atom is -0.377 e. The van der Waals surface area contributed by atoms with Crippen LogP contribution in [0, 0.1) is 11.8 Å². The summed E-state index contributed by atoms with van der Waals surface area (Å²) in [5.74, 6) is 1.99. The van der Waals surface area contributed by atoms with E-state index in [4.69, 9.17) is 4.74 Å². The molecule has 1 heteroatoms. The van der Waals surface area contributed by atoms with Crippen molar-refractivity contribution in [2.45, 2.75) is 64.9 Å². The Morgan fingerprint density at radius 2 is 1.70 bits per heavy atom. The van der Waals surface area contributed by atoms with Gasteiger partial charge in [-0.25, -0.2) is 0 Å². The summed E-state index contributed by atoms with van der Waals surface area (Å²) in [7, 11) is 0. The molecule has 1 aromatic carbocycles. The molecular formula is C19H30O. The van der Waals surface area contributed by atoms with E-state index in [0.29, 0.717) is 0 Å². The van der Waals surface area contributed by atoms with Crippen LogP contribution in [-0.2, 0) is 11.3 Å². The molecule has 0 spiro atoms. The summed E-state index contributed by atoms with van der Waals surface area (Å²) in [6, 6.07) is 10.5. The standard InChI is InChI=1S/C19H30O/c1-2-3-4-5-9-12-18-15-19(18)13-14-20-16-17-10-7-6-8-11-17/h6-8,10-11,18-19H,2-5,9,12-16H2,1H3. The van der Waals surface area contributed by atoms with Gasteiger partial charge in [0.25, 0.3) is 0 Å². The molecule has 0 N–H and O–H groups in total. The number of ether oxygens (including phenoxy) is 1. The fourth-order valence-electron chi connectivity index (χ4n) is 3.03. The van der Waals surface area contributed by atoms with E-state index >= 15 is 0 Å². The first kappa shape index (κ1) is 15.6. The normalized spacial score (nSPS) is 21.1. The summed E-state index contributed by atoms with van der Waals surface area (Å²) < 4.78 is 5.78. The van der Waals surface area contributed by atoms with Crippen molar-refractivity contribution in [1.29, 1.82) is 0 Å². The predicted octanol–water partition coefficient (Wildman–Crippen LogP) is 5.59. The molecule has 0 bridgehead atoms. The second kappa shape index (κ2) is 9.18. The highest BCUT2D eigenvalue weighted by Gasteiger charge is 2.35. The molecule has 0 aliphatic heterocycles. The molecule has 0 saturated heterocycles. The van der Waals surface area contributed by atoms with E-state index in [1.165, 1.54) is 56.9 Å². The zero-order valence-corrected chi connectivity index (χ0v) is 13.0. The summed E-state index contributed by atoms with van der Waals surface area (Å²) in [4.78, 5) is 0. The number of rotatable bonds is 11. The molecule has 1 nitrogen and oxygen atoms in total. The molecule has 1 aromatic rings. The molecular weight excluding hydrogens is 244 g/mol. The Morgan fingerprint density at radius 3 is 2.50 bits per heavy atom. The zero-order valence-electron chi connectivity index (χ0n) is 13.0. The van der Waals surface area contributed by atoms with Crippen LogP contribution in [-0.4, -0.2) is 6.61 Å². The molecule has 0 aromatic heterocycles. The fraction of sp³-hybridized carbons (Fsp3) is 0.684. The third-order valence-corrected chi connectivity index (χ3v) is 4.49. The summed E-state index contributed by atoms with van der Waals surface area (Å²) >= 11 is 0. The zero-order chi connectivity index (χ0) is 14.0. The molecule has 20 heavy (non-hydrogen) atoms. The van der Waals surface area contributed by atoms with Crippen molar-refractivity contribution in [3.05, 3.63) is 35.9 Å². The highest BCUT2D eigenvalue weighted by atomic mass is 16.5. The van der Waals surface area contributed by atoms with Crippen LogP contribution < -0.4 is 0 Å². The van der Waals surface area contributed by atoms with Crippen molar-refractivity contribution in [2.24, 2.45) is 11.8 Å².